The molecule has 0 bridgehead atoms. The zero-order chi connectivity index (χ0) is 22.6. The van der Waals surface area contributed by atoms with Crippen molar-refractivity contribution in [2.75, 3.05) is 0 Å². The summed E-state index contributed by atoms with van der Waals surface area (Å²) < 4.78 is 32.5. The van der Waals surface area contributed by atoms with E-state index in [9.17, 15) is 22.8 Å². The first-order chi connectivity index (χ1) is 13.9. The topological polar surface area (TPSA) is 110 Å². The van der Waals surface area contributed by atoms with E-state index in [-0.39, 0.29) is 28.7 Å². The summed E-state index contributed by atoms with van der Waals surface area (Å²) in [6.07, 6.45) is 1.83. The van der Waals surface area contributed by atoms with E-state index in [1.807, 2.05) is 13.8 Å². The molecule has 0 aromatic heterocycles. The monoisotopic (exact) mass is 438 g/mol. The lowest BCUT2D eigenvalue weighted by atomic mass is 9.97. The van der Waals surface area contributed by atoms with Gasteiger partial charge in [-0.2, -0.15) is 4.72 Å². The number of hydrogen-bond acceptors (Lipinski definition) is 6. The second-order valence-electron chi connectivity index (χ2n) is 7.88. The number of esters is 1. The van der Waals surface area contributed by atoms with Gasteiger partial charge in [0.15, 0.2) is 11.9 Å². The molecule has 0 unspecified atom stereocenters. The lowest BCUT2D eigenvalue weighted by molar-refractivity contribution is -0.163. The fourth-order valence-corrected chi connectivity index (χ4v) is 4.80. The number of rotatable bonds is 7. The largest absolute Gasteiger partial charge is 0.451 e. The number of carbonyl (C=O) groups excluding carboxylic acids is 3. The Morgan fingerprint density at radius 3 is 2.10 bits per heavy atom. The van der Waals surface area contributed by atoms with E-state index in [0.717, 1.165) is 19.3 Å². The maximum Gasteiger partial charge on any atom is 0.324 e. The molecule has 166 valence electrons. The van der Waals surface area contributed by atoms with Crippen molar-refractivity contribution in [1.82, 2.24) is 9.62 Å². The minimum atomic E-state index is -4.00. The van der Waals surface area contributed by atoms with Gasteiger partial charge in [0, 0.05) is 17.6 Å². The fraction of sp³-hybridized carbons (Fsp3) is 0.571. The molecule has 1 amide bonds. The normalized spacial score (nSPS) is 21.6. The van der Waals surface area contributed by atoms with Crippen LogP contribution in [-0.2, 0) is 24.3 Å². The van der Waals surface area contributed by atoms with Gasteiger partial charge in [-0.25, -0.2) is 8.42 Å². The maximum atomic E-state index is 12.8. The van der Waals surface area contributed by atoms with Gasteiger partial charge in [0.1, 0.15) is 6.04 Å². The molecule has 8 nitrogen and oxygen atoms in total. The summed E-state index contributed by atoms with van der Waals surface area (Å²) in [7, 11) is -4.00. The highest BCUT2D eigenvalue weighted by Gasteiger charge is 2.34. The van der Waals surface area contributed by atoms with Crippen LogP contribution in [0.1, 0.15) is 64.2 Å². The van der Waals surface area contributed by atoms with Crippen LogP contribution in [0.4, 0.5) is 0 Å². The average molecular weight is 439 g/mol. The average Bonchev–Trinajstić information content (AvgIpc) is 2.67. The zero-order valence-electron chi connectivity index (χ0n) is 18.0. The number of benzene rings is 1. The lowest BCUT2D eigenvalue weighted by Gasteiger charge is -2.40. The highest BCUT2D eigenvalue weighted by molar-refractivity contribution is 7.89. The van der Waals surface area contributed by atoms with Crippen molar-refractivity contribution in [1.29, 1.82) is 0 Å². The van der Waals surface area contributed by atoms with Crippen LogP contribution in [-0.4, -0.2) is 55.2 Å². The molecule has 1 saturated heterocycles. The van der Waals surface area contributed by atoms with E-state index in [0.29, 0.717) is 5.56 Å². The molecular formula is C21H30N2O6S. The molecule has 1 aliphatic rings. The van der Waals surface area contributed by atoms with Gasteiger partial charge in [0.05, 0.1) is 4.90 Å². The summed E-state index contributed by atoms with van der Waals surface area (Å²) in [6.45, 7) is 8.17. The summed E-state index contributed by atoms with van der Waals surface area (Å²) >= 11 is 0. The number of ketones is 1. The number of likely N-dealkylation sites (tertiary alicyclic amines) is 1. The Morgan fingerprint density at radius 2 is 1.60 bits per heavy atom. The smallest absolute Gasteiger partial charge is 0.324 e. The van der Waals surface area contributed by atoms with E-state index in [1.165, 1.54) is 45.0 Å². The molecule has 1 aliphatic heterocycles. The third-order valence-electron chi connectivity index (χ3n) is 5.35. The summed E-state index contributed by atoms with van der Waals surface area (Å²) in [6, 6.07) is 4.34. The van der Waals surface area contributed by atoms with Gasteiger partial charge < -0.3 is 9.64 Å². The van der Waals surface area contributed by atoms with Crippen LogP contribution in [0.5, 0.6) is 0 Å². The molecule has 1 fully saturated rings. The number of ether oxygens (including phenoxy) is 1. The van der Waals surface area contributed by atoms with Crippen molar-refractivity contribution >= 4 is 27.7 Å². The van der Waals surface area contributed by atoms with E-state index < -0.39 is 28.1 Å². The van der Waals surface area contributed by atoms with Crippen LogP contribution in [0.3, 0.4) is 0 Å². The minimum absolute atomic E-state index is 0.0660. The fourth-order valence-electron chi connectivity index (χ4n) is 3.61. The summed E-state index contributed by atoms with van der Waals surface area (Å²) in [4.78, 5) is 38.1. The van der Waals surface area contributed by atoms with Gasteiger partial charge in [-0.15, -0.1) is 0 Å². The zero-order valence-corrected chi connectivity index (χ0v) is 18.9. The van der Waals surface area contributed by atoms with Crippen LogP contribution in [0.25, 0.3) is 0 Å². The molecule has 1 aromatic carbocycles. The number of sulfonamides is 1. The Bertz CT molecular complexity index is 887. The quantitative estimate of drug-likeness (QED) is 0.517. The van der Waals surface area contributed by atoms with E-state index in [2.05, 4.69) is 4.72 Å². The van der Waals surface area contributed by atoms with Gasteiger partial charge in [0.2, 0.25) is 10.0 Å². The third-order valence-corrected chi connectivity index (χ3v) is 6.90. The lowest BCUT2D eigenvalue weighted by Crippen LogP contribution is -2.52. The molecule has 0 radical (unpaired) electrons. The van der Waals surface area contributed by atoms with Crippen molar-refractivity contribution in [3.63, 3.8) is 0 Å². The molecule has 0 aliphatic carbocycles. The minimum Gasteiger partial charge on any atom is -0.451 e. The van der Waals surface area contributed by atoms with Crippen LogP contribution < -0.4 is 4.72 Å². The van der Waals surface area contributed by atoms with Crippen LogP contribution in [0.15, 0.2) is 29.2 Å². The summed E-state index contributed by atoms with van der Waals surface area (Å²) in [5.74, 6) is -1.30. The number of carbonyl (C=O) groups is 3. The molecule has 0 saturated carbocycles. The predicted molar refractivity (Wildman–Crippen MR) is 111 cm³/mol. The molecule has 1 heterocycles. The molecule has 4 atom stereocenters. The molecule has 1 aromatic rings. The summed E-state index contributed by atoms with van der Waals surface area (Å²) in [5, 5.41) is 0. The van der Waals surface area contributed by atoms with Gasteiger partial charge >= 0.3 is 5.97 Å². The number of nitrogens with one attached hydrogen (secondary N) is 1. The standard InChI is InChI=1S/C21H30N2O6S/c1-13-7-6-8-14(2)23(13)20(25)17(5)29-21(26)15(3)22-30(27,28)19-11-9-18(10-12-19)16(4)24/h9-15,17,22H,6-8H2,1-5H3/t13-,14+,15-,17+/m1/s1. The number of Topliss-reactive ketones (excluding diaryl/α,β-unsaturated/α-hetero) is 1. The highest BCUT2D eigenvalue weighted by Crippen LogP contribution is 2.23. The Morgan fingerprint density at radius 1 is 1.07 bits per heavy atom. The second kappa shape index (κ2) is 9.70. The van der Waals surface area contributed by atoms with Crippen molar-refractivity contribution in [3.8, 4) is 0 Å². The molecule has 1 N–H and O–H groups in total. The van der Waals surface area contributed by atoms with Gasteiger partial charge in [-0.1, -0.05) is 12.1 Å². The molecule has 9 heteroatoms. The van der Waals surface area contributed by atoms with Gasteiger partial charge in [-0.05, 0) is 66.0 Å². The van der Waals surface area contributed by atoms with Crippen molar-refractivity contribution < 1.29 is 27.5 Å². The van der Waals surface area contributed by atoms with Crippen LogP contribution >= 0.6 is 0 Å². The third kappa shape index (κ3) is 5.66. The first kappa shape index (κ1) is 24.0. The second-order valence-corrected chi connectivity index (χ2v) is 9.59. The Balaban J connectivity index is 2.00. The molecule has 0 spiro atoms. The van der Waals surface area contributed by atoms with E-state index >= 15 is 0 Å². The first-order valence-electron chi connectivity index (χ1n) is 10.1. The number of nitrogens with zero attached hydrogens (tertiary/aromatic N) is 1. The molecule has 2 rings (SSSR count). The Kier molecular flexibility index (Phi) is 7.76. The van der Waals surface area contributed by atoms with Gasteiger partial charge in [-0.3, -0.25) is 14.4 Å². The molecular weight excluding hydrogens is 408 g/mol. The SMILES string of the molecule is CC(=O)c1ccc(S(=O)(=O)N[C@H](C)C(=O)O[C@@H](C)C(=O)N2[C@H](C)CCC[C@@H]2C)cc1. The Labute approximate surface area is 178 Å². The van der Waals surface area contributed by atoms with Crippen molar-refractivity contribution in [2.24, 2.45) is 0 Å². The van der Waals surface area contributed by atoms with Crippen molar-refractivity contribution in [3.05, 3.63) is 29.8 Å². The first-order valence-corrected chi connectivity index (χ1v) is 11.6. The molecule has 30 heavy (non-hydrogen) atoms. The van der Waals surface area contributed by atoms with Gasteiger partial charge in [0.25, 0.3) is 5.91 Å². The van der Waals surface area contributed by atoms with Crippen LogP contribution in [0.2, 0.25) is 0 Å². The number of amides is 1. The number of hydrogen-bond donors (Lipinski definition) is 1. The van der Waals surface area contributed by atoms with E-state index in [4.69, 9.17) is 4.74 Å². The van der Waals surface area contributed by atoms with Crippen LogP contribution in [0, 0.1) is 0 Å². The van der Waals surface area contributed by atoms with Crippen molar-refractivity contribution in [2.45, 2.75) is 83.0 Å². The number of piperidine rings is 1. The van der Waals surface area contributed by atoms with E-state index in [1.54, 1.807) is 4.90 Å². The Hall–Kier alpha value is -2.26. The highest BCUT2D eigenvalue weighted by atomic mass is 32.2. The summed E-state index contributed by atoms with van der Waals surface area (Å²) in [5.41, 5.74) is 0.384. The predicted octanol–water partition coefficient (Wildman–Crippen LogP) is 2.28. The maximum absolute atomic E-state index is 12.8.